The highest BCUT2D eigenvalue weighted by Gasteiger charge is 2.18. The van der Waals surface area contributed by atoms with Crippen LogP contribution in [0.2, 0.25) is 0 Å². The number of carbonyl (C=O) groups is 1. The third kappa shape index (κ3) is 4.30. The Balaban J connectivity index is 1.52. The quantitative estimate of drug-likeness (QED) is 0.883. The summed E-state index contributed by atoms with van der Waals surface area (Å²) in [7, 11) is 0. The lowest BCUT2D eigenvalue weighted by molar-refractivity contribution is 0.111. The number of nitrogens with one attached hydrogen (secondary N) is 2. The fraction of sp³-hybridized carbons (Fsp3) is 0.412. The van der Waals surface area contributed by atoms with Crippen LogP contribution in [0.1, 0.15) is 30.8 Å². The Hall–Kier alpha value is -1.92. The summed E-state index contributed by atoms with van der Waals surface area (Å²) in [6, 6.07) is 9.74. The zero-order chi connectivity index (χ0) is 16.1. The van der Waals surface area contributed by atoms with Gasteiger partial charge in [-0.15, -0.1) is 11.3 Å². The van der Waals surface area contributed by atoms with Crippen molar-refractivity contribution in [3.8, 4) is 11.3 Å². The maximum Gasteiger partial charge on any atom is 0.315 e. The molecule has 2 amide bonds. The highest BCUT2D eigenvalue weighted by atomic mass is 32.1. The highest BCUT2D eigenvalue weighted by Crippen LogP contribution is 2.25. The normalized spacial score (nSPS) is 18.6. The lowest BCUT2D eigenvalue weighted by atomic mass is 10.2. The molecule has 0 radical (unpaired) electrons. The molecule has 0 saturated carbocycles. The molecule has 1 aliphatic heterocycles. The smallest absolute Gasteiger partial charge is 0.315 e. The summed E-state index contributed by atoms with van der Waals surface area (Å²) in [4.78, 5) is 16.6. The number of hydrogen-bond acceptors (Lipinski definition) is 4. The van der Waals surface area contributed by atoms with Gasteiger partial charge < -0.3 is 15.4 Å². The van der Waals surface area contributed by atoms with Crippen molar-refractivity contribution in [3.63, 3.8) is 0 Å². The van der Waals surface area contributed by atoms with Gasteiger partial charge in [-0.3, -0.25) is 0 Å². The van der Waals surface area contributed by atoms with E-state index in [1.165, 1.54) is 0 Å². The summed E-state index contributed by atoms with van der Waals surface area (Å²) in [6.07, 6.45) is 2.25. The first-order valence-corrected chi connectivity index (χ1v) is 8.77. The van der Waals surface area contributed by atoms with Gasteiger partial charge in [0.15, 0.2) is 0 Å². The first-order valence-electron chi connectivity index (χ1n) is 7.89. The molecule has 0 aliphatic carbocycles. The van der Waals surface area contributed by atoms with Gasteiger partial charge in [0.05, 0.1) is 17.8 Å². The number of carbonyl (C=O) groups excluding carboxylic acids is 1. The molecule has 2 N–H and O–H groups in total. The zero-order valence-corrected chi connectivity index (χ0v) is 13.9. The minimum Gasteiger partial charge on any atom is -0.376 e. The van der Waals surface area contributed by atoms with Crippen LogP contribution in [0, 0.1) is 0 Å². The fourth-order valence-corrected chi connectivity index (χ4v) is 3.38. The second-order valence-electron chi connectivity index (χ2n) is 5.65. The second-order valence-corrected chi connectivity index (χ2v) is 6.54. The number of amides is 2. The first-order chi connectivity index (χ1) is 11.2. The van der Waals surface area contributed by atoms with Crippen LogP contribution in [-0.4, -0.2) is 30.3 Å². The van der Waals surface area contributed by atoms with Crippen molar-refractivity contribution in [2.24, 2.45) is 0 Å². The van der Waals surface area contributed by atoms with E-state index in [1.54, 1.807) is 11.3 Å². The summed E-state index contributed by atoms with van der Waals surface area (Å²) in [5.41, 5.74) is 2.03. The Morgan fingerprint density at radius 3 is 3.00 bits per heavy atom. The molecule has 2 heterocycles. The van der Waals surface area contributed by atoms with Gasteiger partial charge in [-0.2, -0.15) is 0 Å². The number of thiazole rings is 1. The number of urea groups is 1. The lowest BCUT2D eigenvalue weighted by Crippen LogP contribution is -2.40. The van der Waals surface area contributed by atoms with Crippen LogP contribution in [0.25, 0.3) is 11.3 Å². The van der Waals surface area contributed by atoms with Crippen molar-refractivity contribution in [3.05, 3.63) is 40.7 Å². The SMILES string of the molecule is CC(NC(=O)NCC1CCCO1)c1nc(-c2ccccc2)cs1. The number of ether oxygens (including phenoxy) is 1. The summed E-state index contributed by atoms with van der Waals surface area (Å²) < 4.78 is 5.49. The molecular formula is C17H21N3O2S. The van der Waals surface area contributed by atoms with Crippen LogP contribution >= 0.6 is 11.3 Å². The molecule has 1 aliphatic rings. The van der Waals surface area contributed by atoms with E-state index < -0.39 is 0 Å². The van der Waals surface area contributed by atoms with Gasteiger partial charge in [0.2, 0.25) is 0 Å². The van der Waals surface area contributed by atoms with Crippen LogP contribution in [-0.2, 0) is 4.74 Å². The Morgan fingerprint density at radius 2 is 2.26 bits per heavy atom. The third-order valence-electron chi connectivity index (χ3n) is 3.82. The minimum atomic E-state index is -0.176. The molecule has 0 spiro atoms. The number of nitrogens with zero attached hydrogens (tertiary/aromatic N) is 1. The molecule has 1 saturated heterocycles. The molecule has 5 nitrogen and oxygen atoms in total. The topological polar surface area (TPSA) is 63.2 Å². The summed E-state index contributed by atoms with van der Waals surface area (Å²) >= 11 is 1.56. The molecule has 1 fully saturated rings. The second kappa shape index (κ2) is 7.57. The summed E-state index contributed by atoms with van der Waals surface area (Å²) in [5, 5.41) is 8.71. The van der Waals surface area contributed by atoms with E-state index in [-0.39, 0.29) is 18.2 Å². The maximum atomic E-state index is 12.0. The van der Waals surface area contributed by atoms with E-state index >= 15 is 0 Å². The van der Waals surface area contributed by atoms with Gasteiger partial charge >= 0.3 is 6.03 Å². The molecule has 0 bridgehead atoms. The van der Waals surface area contributed by atoms with Crippen molar-refractivity contribution in [2.45, 2.75) is 31.9 Å². The van der Waals surface area contributed by atoms with Crippen molar-refractivity contribution < 1.29 is 9.53 Å². The van der Waals surface area contributed by atoms with E-state index in [2.05, 4.69) is 15.6 Å². The van der Waals surface area contributed by atoms with E-state index in [1.807, 2.05) is 42.6 Å². The number of hydrogen-bond donors (Lipinski definition) is 2. The number of aromatic nitrogens is 1. The van der Waals surface area contributed by atoms with E-state index in [4.69, 9.17) is 4.74 Å². The number of benzene rings is 1. The largest absolute Gasteiger partial charge is 0.376 e. The van der Waals surface area contributed by atoms with Gasteiger partial charge in [-0.05, 0) is 19.8 Å². The maximum absolute atomic E-state index is 12.0. The molecule has 1 aromatic carbocycles. The molecule has 2 atom stereocenters. The Labute approximate surface area is 140 Å². The Kier molecular flexibility index (Phi) is 5.25. The predicted molar refractivity (Wildman–Crippen MR) is 91.5 cm³/mol. The Bertz CT molecular complexity index is 638. The van der Waals surface area contributed by atoms with Crippen molar-refractivity contribution in [2.75, 3.05) is 13.2 Å². The predicted octanol–water partition coefficient (Wildman–Crippen LogP) is 3.35. The van der Waals surface area contributed by atoms with Gasteiger partial charge in [0.1, 0.15) is 5.01 Å². The molecule has 3 rings (SSSR count). The van der Waals surface area contributed by atoms with Gasteiger partial charge in [0, 0.05) is 24.1 Å². The van der Waals surface area contributed by atoms with Gasteiger partial charge in [-0.25, -0.2) is 9.78 Å². The zero-order valence-electron chi connectivity index (χ0n) is 13.1. The first kappa shape index (κ1) is 16.0. The average molecular weight is 331 g/mol. The van der Waals surface area contributed by atoms with Crippen molar-refractivity contribution >= 4 is 17.4 Å². The monoisotopic (exact) mass is 331 g/mol. The van der Waals surface area contributed by atoms with Gasteiger partial charge in [-0.1, -0.05) is 30.3 Å². The molecule has 23 heavy (non-hydrogen) atoms. The van der Waals surface area contributed by atoms with Gasteiger partial charge in [0.25, 0.3) is 0 Å². The van der Waals surface area contributed by atoms with E-state index in [0.717, 1.165) is 35.7 Å². The van der Waals surface area contributed by atoms with Crippen molar-refractivity contribution in [1.29, 1.82) is 0 Å². The van der Waals surface area contributed by atoms with E-state index in [0.29, 0.717) is 6.54 Å². The van der Waals surface area contributed by atoms with Crippen LogP contribution in [0.5, 0.6) is 0 Å². The number of rotatable bonds is 5. The van der Waals surface area contributed by atoms with Crippen LogP contribution in [0.3, 0.4) is 0 Å². The summed E-state index contributed by atoms with van der Waals surface area (Å²) in [6.45, 7) is 3.30. The van der Waals surface area contributed by atoms with Crippen LogP contribution < -0.4 is 10.6 Å². The molecular weight excluding hydrogens is 310 g/mol. The van der Waals surface area contributed by atoms with E-state index in [9.17, 15) is 4.79 Å². The average Bonchev–Trinajstić information content (AvgIpc) is 3.25. The third-order valence-corrected chi connectivity index (χ3v) is 4.85. The molecule has 2 unspecified atom stereocenters. The molecule has 1 aromatic heterocycles. The lowest BCUT2D eigenvalue weighted by Gasteiger charge is -2.14. The van der Waals surface area contributed by atoms with Crippen molar-refractivity contribution in [1.82, 2.24) is 15.6 Å². The highest BCUT2D eigenvalue weighted by molar-refractivity contribution is 7.10. The fourth-order valence-electron chi connectivity index (χ4n) is 2.55. The molecule has 6 heteroatoms. The van der Waals surface area contributed by atoms with Crippen LogP contribution in [0.15, 0.2) is 35.7 Å². The van der Waals surface area contributed by atoms with Crippen LogP contribution in [0.4, 0.5) is 4.79 Å². The summed E-state index contributed by atoms with van der Waals surface area (Å²) in [5.74, 6) is 0. The Morgan fingerprint density at radius 1 is 1.43 bits per heavy atom. The standard InChI is InChI=1S/C17H21N3O2S/c1-12(19-17(21)18-10-14-8-5-9-22-14)16-20-15(11-23-16)13-6-3-2-4-7-13/h2-4,6-7,11-12,14H,5,8-10H2,1H3,(H2,18,19,21). The molecule has 122 valence electrons. The molecule has 2 aromatic rings. The minimum absolute atomic E-state index is 0.123.